The molecule has 1 fully saturated rings. The summed E-state index contributed by atoms with van der Waals surface area (Å²) in [7, 11) is 0. The number of piperidine rings is 1. The van der Waals surface area contributed by atoms with E-state index in [0.717, 1.165) is 5.82 Å². The van der Waals surface area contributed by atoms with E-state index in [0.29, 0.717) is 5.92 Å². The Morgan fingerprint density at radius 1 is 1.06 bits per heavy atom. The Bertz CT molecular complexity index is 297. The number of nitrogens with zero attached hydrogens (tertiary/aromatic N) is 2. The van der Waals surface area contributed by atoms with Crippen molar-refractivity contribution in [3.8, 4) is 0 Å². The predicted molar refractivity (Wildman–Crippen MR) is 75.7 cm³/mol. The third-order valence-electron chi connectivity index (χ3n) is 3.12. The molecule has 17 heavy (non-hydrogen) atoms. The Hall–Kier alpha value is -1.05. The first-order valence-electron chi connectivity index (χ1n) is 6.98. The van der Waals surface area contributed by atoms with Crippen LogP contribution in [0.25, 0.3) is 0 Å². The fourth-order valence-electron chi connectivity index (χ4n) is 2.05. The molecule has 0 aromatic carbocycles. The highest BCUT2D eigenvalue weighted by Crippen LogP contribution is 2.20. The zero-order valence-corrected chi connectivity index (χ0v) is 11.7. The van der Waals surface area contributed by atoms with Crippen molar-refractivity contribution in [2.75, 3.05) is 18.0 Å². The fraction of sp³-hybridized carbons (Fsp3) is 0.667. The Labute approximate surface area is 106 Å². The number of hydrogen-bond acceptors (Lipinski definition) is 2. The van der Waals surface area contributed by atoms with Crippen LogP contribution in [-0.4, -0.2) is 18.1 Å². The van der Waals surface area contributed by atoms with Gasteiger partial charge in [0.2, 0.25) is 0 Å². The van der Waals surface area contributed by atoms with Gasteiger partial charge in [-0.3, -0.25) is 0 Å². The van der Waals surface area contributed by atoms with Crippen molar-refractivity contribution in [1.82, 2.24) is 4.98 Å². The predicted octanol–water partition coefficient (Wildman–Crippen LogP) is 4.22. The Balaban J connectivity index is 0.000000686. The van der Waals surface area contributed by atoms with Gasteiger partial charge >= 0.3 is 0 Å². The summed E-state index contributed by atoms with van der Waals surface area (Å²) in [5.41, 5.74) is 1.33. The smallest absolute Gasteiger partial charge is 0.128 e. The lowest BCUT2D eigenvalue weighted by Gasteiger charge is -2.27. The first kappa shape index (κ1) is 14.0. The van der Waals surface area contributed by atoms with Crippen LogP contribution in [0.3, 0.4) is 0 Å². The largest absolute Gasteiger partial charge is 0.357 e. The fourth-order valence-corrected chi connectivity index (χ4v) is 2.05. The standard InChI is InChI=1S/C13H20N2.C2H6/c1-11(2)12-6-7-13(14-10-12)15-8-4-3-5-9-15;1-2/h6-7,10-11H,3-5,8-9H2,1-2H3;1-2H3. The lowest BCUT2D eigenvalue weighted by molar-refractivity contribution is 0.573. The van der Waals surface area contributed by atoms with Crippen LogP contribution in [-0.2, 0) is 0 Å². The second kappa shape index (κ2) is 7.31. The van der Waals surface area contributed by atoms with Gasteiger partial charge in [0.1, 0.15) is 5.82 Å². The molecule has 0 bridgehead atoms. The molecule has 0 saturated carbocycles. The summed E-state index contributed by atoms with van der Waals surface area (Å²) < 4.78 is 0. The zero-order chi connectivity index (χ0) is 12.7. The minimum Gasteiger partial charge on any atom is -0.357 e. The number of anilines is 1. The molecule has 0 radical (unpaired) electrons. The van der Waals surface area contributed by atoms with E-state index in [2.05, 4.69) is 35.9 Å². The third kappa shape index (κ3) is 4.03. The normalized spacial score (nSPS) is 15.5. The van der Waals surface area contributed by atoms with Crippen molar-refractivity contribution < 1.29 is 0 Å². The van der Waals surface area contributed by atoms with Crippen LogP contribution in [0.15, 0.2) is 18.3 Å². The van der Waals surface area contributed by atoms with E-state index in [1.165, 1.54) is 37.9 Å². The highest BCUT2D eigenvalue weighted by Gasteiger charge is 2.11. The number of hydrogen-bond donors (Lipinski definition) is 0. The second-order valence-corrected chi connectivity index (χ2v) is 4.65. The lowest BCUT2D eigenvalue weighted by Crippen LogP contribution is -2.30. The van der Waals surface area contributed by atoms with Gasteiger partial charge in [-0.25, -0.2) is 4.98 Å². The zero-order valence-electron chi connectivity index (χ0n) is 11.7. The van der Waals surface area contributed by atoms with E-state index in [1.54, 1.807) is 0 Å². The first-order chi connectivity index (χ1) is 8.27. The van der Waals surface area contributed by atoms with Gasteiger partial charge in [-0.15, -0.1) is 0 Å². The first-order valence-corrected chi connectivity index (χ1v) is 6.98. The summed E-state index contributed by atoms with van der Waals surface area (Å²) in [5.74, 6) is 1.73. The van der Waals surface area contributed by atoms with Crippen LogP contribution < -0.4 is 4.90 Å². The van der Waals surface area contributed by atoms with E-state index in [1.807, 2.05) is 20.0 Å². The summed E-state index contributed by atoms with van der Waals surface area (Å²) in [6, 6.07) is 4.38. The molecule has 1 aliphatic rings. The van der Waals surface area contributed by atoms with Crippen LogP contribution in [0.1, 0.15) is 58.4 Å². The Morgan fingerprint density at radius 3 is 2.18 bits per heavy atom. The molecular weight excluding hydrogens is 208 g/mol. The van der Waals surface area contributed by atoms with Crippen LogP contribution in [0, 0.1) is 0 Å². The molecule has 0 atom stereocenters. The van der Waals surface area contributed by atoms with Gasteiger partial charge in [-0.1, -0.05) is 33.8 Å². The average molecular weight is 234 g/mol. The van der Waals surface area contributed by atoms with Crippen LogP contribution in [0.2, 0.25) is 0 Å². The van der Waals surface area contributed by atoms with Gasteiger partial charge in [0.05, 0.1) is 0 Å². The van der Waals surface area contributed by atoms with Crippen molar-refractivity contribution in [2.24, 2.45) is 0 Å². The summed E-state index contributed by atoms with van der Waals surface area (Å²) in [6.45, 7) is 10.8. The van der Waals surface area contributed by atoms with Crippen molar-refractivity contribution >= 4 is 5.82 Å². The maximum Gasteiger partial charge on any atom is 0.128 e. The Kier molecular flexibility index (Phi) is 6.03. The van der Waals surface area contributed by atoms with E-state index >= 15 is 0 Å². The molecule has 0 unspecified atom stereocenters. The van der Waals surface area contributed by atoms with Gasteiger partial charge in [0, 0.05) is 19.3 Å². The van der Waals surface area contributed by atoms with E-state index in [-0.39, 0.29) is 0 Å². The van der Waals surface area contributed by atoms with Gasteiger partial charge in [-0.2, -0.15) is 0 Å². The van der Waals surface area contributed by atoms with E-state index < -0.39 is 0 Å². The molecule has 1 aromatic rings. The summed E-state index contributed by atoms with van der Waals surface area (Å²) >= 11 is 0. The Morgan fingerprint density at radius 2 is 1.71 bits per heavy atom. The number of rotatable bonds is 2. The van der Waals surface area contributed by atoms with Crippen LogP contribution in [0.4, 0.5) is 5.82 Å². The average Bonchev–Trinajstić information content (AvgIpc) is 2.42. The minimum atomic E-state index is 0.577. The summed E-state index contributed by atoms with van der Waals surface area (Å²) in [4.78, 5) is 6.95. The molecule has 0 spiro atoms. The van der Waals surface area contributed by atoms with Gasteiger partial charge in [0.25, 0.3) is 0 Å². The summed E-state index contributed by atoms with van der Waals surface area (Å²) in [5, 5.41) is 0. The lowest BCUT2D eigenvalue weighted by atomic mass is 10.1. The molecular formula is C15H26N2. The second-order valence-electron chi connectivity index (χ2n) is 4.65. The maximum atomic E-state index is 4.55. The van der Waals surface area contributed by atoms with Crippen molar-refractivity contribution in [3.63, 3.8) is 0 Å². The molecule has 2 nitrogen and oxygen atoms in total. The van der Waals surface area contributed by atoms with Crippen LogP contribution >= 0.6 is 0 Å². The quantitative estimate of drug-likeness (QED) is 0.761. The van der Waals surface area contributed by atoms with Gasteiger partial charge < -0.3 is 4.90 Å². The third-order valence-corrected chi connectivity index (χ3v) is 3.12. The topological polar surface area (TPSA) is 16.1 Å². The molecule has 2 heterocycles. The number of pyridine rings is 1. The molecule has 0 N–H and O–H groups in total. The molecule has 1 saturated heterocycles. The monoisotopic (exact) mass is 234 g/mol. The van der Waals surface area contributed by atoms with Crippen molar-refractivity contribution in [1.29, 1.82) is 0 Å². The van der Waals surface area contributed by atoms with Crippen LogP contribution in [0.5, 0.6) is 0 Å². The molecule has 1 aromatic heterocycles. The molecule has 0 amide bonds. The molecule has 2 heteroatoms. The van der Waals surface area contributed by atoms with Crippen molar-refractivity contribution in [2.45, 2.75) is 52.9 Å². The van der Waals surface area contributed by atoms with Gasteiger partial charge in [0.15, 0.2) is 0 Å². The van der Waals surface area contributed by atoms with E-state index in [9.17, 15) is 0 Å². The maximum absolute atomic E-state index is 4.55. The molecule has 1 aliphatic heterocycles. The highest BCUT2D eigenvalue weighted by atomic mass is 15.2. The molecule has 96 valence electrons. The molecule has 0 aliphatic carbocycles. The molecule has 2 rings (SSSR count). The van der Waals surface area contributed by atoms with Crippen molar-refractivity contribution in [3.05, 3.63) is 23.9 Å². The number of aromatic nitrogens is 1. The van der Waals surface area contributed by atoms with E-state index in [4.69, 9.17) is 0 Å². The summed E-state index contributed by atoms with van der Waals surface area (Å²) in [6.07, 6.45) is 6.02. The highest BCUT2D eigenvalue weighted by molar-refractivity contribution is 5.40. The van der Waals surface area contributed by atoms with Gasteiger partial charge in [-0.05, 0) is 36.8 Å². The SMILES string of the molecule is CC.CC(C)c1ccc(N2CCCCC2)nc1. The minimum absolute atomic E-state index is 0.577.